The van der Waals surface area contributed by atoms with Gasteiger partial charge in [-0.1, -0.05) is 29.4 Å². The van der Waals surface area contributed by atoms with Crippen LogP contribution in [0, 0.1) is 19.7 Å². The topological polar surface area (TPSA) is 59.1 Å². The Bertz CT molecular complexity index is 1180. The van der Waals surface area contributed by atoms with E-state index in [0.29, 0.717) is 0 Å². The highest BCUT2D eigenvalue weighted by Crippen LogP contribution is 2.33. The number of hydrogen-bond acceptors (Lipinski definition) is 5. The normalized spacial score (nSPS) is 14.7. The van der Waals surface area contributed by atoms with Gasteiger partial charge in [-0.2, -0.15) is 5.10 Å². The Labute approximate surface area is 186 Å². The van der Waals surface area contributed by atoms with Crippen LogP contribution in [0.5, 0.6) is 0 Å². The molecule has 32 heavy (non-hydrogen) atoms. The maximum atomic E-state index is 13.3. The lowest BCUT2D eigenvalue weighted by Gasteiger charge is -2.27. The largest absolute Gasteiger partial charge is 0.361 e. The standard InChI is InChI=1S/C25H26FN5O/c1-17-24(18(2)32-29-17)25-21(16-30-13-11-27-12-14-30)15-28-31(25)23-9-5-20(6-10-23)19-3-7-22(26)8-4-19/h3-10,15,27H,11-14,16H2,1-2H3. The molecule has 1 aliphatic rings. The third-order valence-corrected chi connectivity index (χ3v) is 6.01. The van der Waals surface area contributed by atoms with E-state index in [2.05, 4.69) is 15.4 Å². The van der Waals surface area contributed by atoms with Crippen molar-refractivity contribution in [2.45, 2.75) is 20.4 Å². The van der Waals surface area contributed by atoms with Crippen molar-refractivity contribution in [2.24, 2.45) is 0 Å². The summed E-state index contributed by atoms with van der Waals surface area (Å²) in [5.41, 5.74) is 6.99. The lowest BCUT2D eigenvalue weighted by Crippen LogP contribution is -2.42. The molecule has 5 rings (SSSR count). The van der Waals surface area contributed by atoms with Gasteiger partial charge in [-0.05, 0) is 49.2 Å². The molecular weight excluding hydrogens is 405 g/mol. The molecule has 1 N–H and O–H groups in total. The van der Waals surface area contributed by atoms with Crippen LogP contribution in [0.2, 0.25) is 0 Å². The van der Waals surface area contributed by atoms with Crippen molar-refractivity contribution in [3.05, 3.63) is 77.6 Å². The fourth-order valence-corrected chi connectivity index (χ4v) is 4.33. The summed E-state index contributed by atoms with van der Waals surface area (Å²) in [6.07, 6.45) is 1.96. The summed E-state index contributed by atoms with van der Waals surface area (Å²) >= 11 is 0. The summed E-state index contributed by atoms with van der Waals surface area (Å²) < 4.78 is 20.7. The zero-order valence-corrected chi connectivity index (χ0v) is 18.3. The average Bonchev–Trinajstić information content (AvgIpc) is 3.37. The molecule has 2 aromatic carbocycles. The van der Waals surface area contributed by atoms with Crippen LogP contribution in [-0.4, -0.2) is 46.0 Å². The number of nitrogens with one attached hydrogen (secondary N) is 1. The number of nitrogens with zero attached hydrogens (tertiary/aromatic N) is 4. The Kier molecular flexibility index (Phi) is 5.59. The van der Waals surface area contributed by atoms with Gasteiger partial charge >= 0.3 is 0 Å². The second kappa shape index (κ2) is 8.68. The smallest absolute Gasteiger partial charge is 0.143 e. The first kappa shape index (κ1) is 20.6. The fourth-order valence-electron chi connectivity index (χ4n) is 4.33. The SMILES string of the molecule is Cc1noc(C)c1-c1c(CN2CCNCC2)cnn1-c1ccc(-c2ccc(F)cc2)cc1. The number of aromatic nitrogens is 3. The van der Waals surface area contributed by atoms with E-state index >= 15 is 0 Å². The Hall–Kier alpha value is -3.29. The van der Waals surface area contributed by atoms with E-state index in [0.717, 1.165) is 77.8 Å². The quantitative estimate of drug-likeness (QED) is 0.509. The second-order valence-electron chi connectivity index (χ2n) is 8.21. The first-order chi connectivity index (χ1) is 15.6. The lowest BCUT2D eigenvalue weighted by molar-refractivity contribution is 0.233. The number of aryl methyl sites for hydroxylation is 2. The predicted molar refractivity (Wildman–Crippen MR) is 122 cm³/mol. The molecule has 0 radical (unpaired) electrons. The van der Waals surface area contributed by atoms with Crippen molar-refractivity contribution in [2.75, 3.05) is 26.2 Å². The van der Waals surface area contributed by atoms with E-state index in [4.69, 9.17) is 9.62 Å². The highest BCUT2D eigenvalue weighted by Gasteiger charge is 2.23. The van der Waals surface area contributed by atoms with E-state index in [1.54, 1.807) is 12.1 Å². The number of piperazine rings is 1. The molecule has 0 spiro atoms. The van der Waals surface area contributed by atoms with Gasteiger partial charge in [-0.25, -0.2) is 9.07 Å². The Morgan fingerprint density at radius 2 is 1.62 bits per heavy atom. The molecule has 1 aliphatic heterocycles. The molecule has 2 aromatic heterocycles. The molecule has 4 aromatic rings. The van der Waals surface area contributed by atoms with Crippen LogP contribution in [0.25, 0.3) is 28.1 Å². The summed E-state index contributed by atoms with van der Waals surface area (Å²) in [6, 6.07) is 14.7. The van der Waals surface area contributed by atoms with Crippen LogP contribution < -0.4 is 5.32 Å². The summed E-state index contributed by atoms with van der Waals surface area (Å²) in [4.78, 5) is 2.44. The molecule has 0 amide bonds. The van der Waals surface area contributed by atoms with Gasteiger partial charge in [0.25, 0.3) is 0 Å². The van der Waals surface area contributed by atoms with Crippen LogP contribution in [-0.2, 0) is 6.54 Å². The van der Waals surface area contributed by atoms with E-state index < -0.39 is 0 Å². The summed E-state index contributed by atoms with van der Waals surface area (Å²) in [5, 5.41) is 12.4. The minimum absolute atomic E-state index is 0.233. The van der Waals surface area contributed by atoms with Crippen molar-refractivity contribution < 1.29 is 8.91 Å². The molecule has 7 heteroatoms. The molecule has 3 heterocycles. The van der Waals surface area contributed by atoms with Gasteiger partial charge in [0.15, 0.2) is 0 Å². The van der Waals surface area contributed by atoms with Crippen LogP contribution in [0.4, 0.5) is 4.39 Å². The summed E-state index contributed by atoms with van der Waals surface area (Å²) in [7, 11) is 0. The van der Waals surface area contributed by atoms with E-state index in [9.17, 15) is 4.39 Å². The molecule has 1 saturated heterocycles. The maximum Gasteiger partial charge on any atom is 0.143 e. The molecule has 0 saturated carbocycles. The molecule has 6 nitrogen and oxygen atoms in total. The van der Waals surface area contributed by atoms with Gasteiger partial charge in [0.1, 0.15) is 11.6 Å². The van der Waals surface area contributed by atoms with Gasteiger partial charge in [0.05, 0.1) is 28.8 Å². The Morgan fingerprint density at radius 3 is 2.25 bits per heavy atom. The van der Waals surface area contributed by atoms with Crippen molar-refractivity contribution in [3.8, 4) is 28.1 Å². The fraction of sp³-hybridized carbons (Fsp3) is 0.280. The monoisotopic (exact) mass is 431 g/mol. The average molecular weight is 432 g/mol. The van der Waals surface area contributed by atoms with Crippen LogP contribution in [0.1, 0.15) is 17.0 Å². The van der Waals surface area contributed by atoms with E-state index in [1.165, 1.54) is 12.1 Å². The molecule has 1 fully saturated rings. The van der Waals surface area contributed by atoms with Crippen LogP contribution in [0.15, 0.2) is 59.3 Å². The van der Waals surface area contributed by atoms with Gasteiger partial charge < -0.3 is 9.84 Å². The molecule has 0 unspecified atom stereocenters. The zero-order valence-electron chi connectivity index (χ0n) is 18.3. The number of benzene rings is 2. The second-order valence-corrected chi connectivity index (χ2v) is 8.21. The number of rotatable bonds is 5. The van der Waals surface area contributed by atoms with Crippen LogP contribution >= 0.6 is 0 Å². The summed E-state index contributed by atoms with van der Waals surface area (Å²) in [5.74, 6) is 0.553. The predicted octanol–water partition coefficient (Wildman–Crippen LogP) is 4.36. The molecular formula is C25H26FN5O. The first-order valence-corrected chi connectivity index (χ1v) is 10.9. The van der Waals surface area contributed by atoms with Gasteiger partial charge in [0, 0.05) is 38.3 Å². The van der Waals surface area contributed by atoms with Crippen molar-refractivity contribution in [1.29, 1.82) is 0 Å². The van der Waals surface area contributed by atoms with Gasteiger partial charge in [-0.3, -0.25) is 4.90 Å². The molecule has 0 aliphatic carbocycles. The van der Waals surface area contributed by atoms with Gasteiger partial charge in [0.2, 0.25) is 0 Å². The number of halogens is 1. The minimum Gasteiger partial charge on any atom is -0.361 e. The van der Waals surface area contributed by atoms with Crippen molar-refractivity contribution in [3.63, 3.8) is 0 Å². The lowest BCUT2D eigenvalue weighted by atomic mass is 10.0. The first-order valence-electron chi connectivity index (χ1n) is 10.9. The minimum atomic E-state index is -0.233. The van der Waals surface area contributed by atoms with Crippen LogP contribution in [0.3, 0.4) is 0 Å². The highest BCUT2D eigenvalue weighted by molar-refractivity contribution is 5.70. The van der Waals surface area contributed by atoms with E-state index in [-0.39, 0.29) is 5.82 Å². The third-order valence-electron chi connectivity index (χ3n) is 6.01. The molecule has 0 bridgehead atoms. The van der Waals surface area contributed by atoms with Crippen molar-refractivity contribution >= 4 is 0 Å². The Morgan fingerprint density at radius 1 is 0.969 bits per heavy atom. The summed E-state index contributed by atoms with van der Waals surface area (Å²) in [6.45, 7) is 8.76. The highest BCUT2D eigenvalue weighted by atomic mass is 19.1. The molecule has 164 valence electrons. The maximum absolute atomic E-state index is 13.3. The molecule has 0 atom stereocenters. The zero-order chi connectivity index (χ0) is 22.1. The van der Waals surface area contributed by atoms with Crippen molar-refractivity contribution in [1.82, 2.24) is 25.2 Å². The van der Waals surface area contributed by atoms with Gasteiger partial charge in [-0.15, -0.1) is 0 Å². The third kappa shape index (κ3) is 3.97. The number of hydrogen-bond donors (Lipinski definition) is 1. The Balaban J connectivity index is 1.54. The van der Waals surface area contributed by atoms with E-state index in [1.807, 2.05) is 49.0 Å².